The van der Waals surface area contributed by atoms with Gasteiger partial charge in [0.25, 0.3) is 0 Å². The summed E-state index contributed by atoms with van der Waals surface area (Å²) in [5.41, 5.74) is 5.34. The Labute approximate surface area is 53.9 Å². The zero-order chi connectivity index (χ0) is 5.28. The molecule has 2 N–H and O–H groups in total. The molecule has 46 valence electrons. The molecule has 0 fully saturated rings. The number of nitrogen functional groups attached to an aromatic ring is 1. The molecule has 0 aliphatic carbocycles. The fourth-order valence-electron chi connectivity index (χ4n) is 0.367. The molecule has 8 heavy (non-hydrogen) atoms. The average molecular weight is 134 g/mol. The molecule has 1 heterocycles. The van der Waals surface area contributed by atoms with E-state index in [9.17, 15) is 0 Å². The summed E-state index contributed by atoms with van der Waals surface area (Å²) >= 11 is 0. The Balaban J connectivity index is 0.000000490. The first-order chi connectivity index (χ1) is 3.30. The summed E-state index contributed by atoms with van der Waals surface area (Å²) in [6.07, 6.45) is 3.27. The second-order valence-electron chi connectivity index (χ2n) is 1.43. The van der Waals surface area contributed by atoms with Crippen LogP contribution in [0.2, 0.25) is 0 Å². The maximum Gasteiger partial charge on any atom is 0.122 e. The number of anilines is 1. The Bertz CT molecular complexity index is 144. The lowest BCUT2D eigenvalue weighted by atomic mass is 10.8. The lowest BCUT2D eigenvalue weighted by molar-refractivity contribution is 0.925. The standard InChI is InChI=1S/C4H7N3.ClH/c1-7-3-6-2-4(7)5;/h2-3H,5H2,1H3;1H. The number of imidazole rings is 1. The fraction of sp³-hybridized carbons (Fsp3) is 0.250. The van der Waals surface area contributed by atoms with Gasteiger partial charge >= 0.3 is 0 Å². The molecule has 0 unspecified atom stereocenters. The zero-order valence-corrected chi connectivity index (χ0v) is 5.35. The maximum atomic E-state index is 5.34. The number of rotatable bonds is 0. The highest BCUT2D eigenvalue weighted by Crippen LogP contribution is 1.92. The van der Waals surface area contributed by atoms with Crippen LogP contribution in [-0.2, 0) is 7.05 Å². The van der Waals surface area contributed by atoms with E-state index in [-0.39, 0.29) is 12.4 Å². The van der Waals surface area contributed by atoms with Crippen molar-refractivity contribution in [2.45, 2.75) is 0 Å². The van der Waals surface area contributed by atoms with Gasteiger partial charge in [0, 0.05) is 7.05 Å². The van der Waals surface area contributed by atoms with Gasteiger partial charge in [-0.25, -0.2) is 4.98 Å². The smallest absolute Gasteiger partial charge is 0.122 e. The van der Waals surface area contributed by atoms with Gasteiger partial charge in [0.15, 0.2) is 0 Å². The molecule has 0 bridgehead atoms. The number of aromatic nitrogens is 2. The summed E-state index contributed by atoms with van der Waals surface area (Å²) in [6, 6.07) is 0. The summed E-state index contributed by atoms with van der Waals surface area (Å²) in [6.45, 7) is 0. The number of hydrogen-bond donors (Lipinski definition) is 1. The van der Waals surface area contributed by atoms with Crippen LogP contribution in [0.15, 0.2) is 12.5 Å². The molecule has 1 aromatic rings. The Hall–Kier alpha value is -0.700. The highest BCUT2D eigenvalue weighted by molar-refractivity contribution is 5.85. The van der Waals surface area contributed by atoms with Crippen molar-refractivity contribution in [1.29, 1.82) is 0 Å². The monoisotopic (exact) mass is 133 g/mol. The molecule has 0 saturated heterocycles. The van der Waals surface area contributed by atoms with Gasteiger partial charge in [-0.15, -0.1) is 12.4 Å². The SMILES string of the molecule is Cl.Cn1cncc1N. The van der Waals surface area contributed by atoms with Gasteiger partial charge in [0.05, 0.1) is 12.5 Å². The number of halogens is 1. The largest absolute Gasteiger partial charge is 0.384 e. The van der Waals surface area contributed by atoms with E-state index in [0.717, 1.165) is 0 Å². The third-order valence-electron chi connectivity index (χ3n) is 0.854. The van der Waals surface area contributed by atoms with Gasteiger partial charge in [-0.1, -0.05) is 0 Å². The summed E-state index contributed by atoms with van der Waals surface area (Å²) in [4.78, 5) is 3.76. The molecule has 0 aromatic carbocycles. The second kappa shape index (κ2) is 2.57. The minimum Gasteiger partial charge on any atom is -0.384 e. The molecule has 1 aromatic heterocycles. The van der Waals surface area contributed by atoms with Crippen molar-refractivity contribution in [2.75, 3.05) is 5.73 Å². The normalized spacial score (nSPS) is 8.12. The molecule has 4 heteroatoms. The average Bonchev–Trinajstić information content (AvgIpc) is 1.91. The van der Waals surface area contributed by atoms with Crippen LogP contribution in [0.1, 0.15) is 0 Å². The summed E-state index contributed by atoms with van der Waals surface area (Å²) in [5.74, 6) is 0.694. The predicted molar refractivity (Wildman–Crippen MR) is 34.9 cm³/mol. The second-order valence-corrected chi connectivity index (χ2v) is 1.43. The zero-order valence-electron chi connectivity index (χ0n) is 4.53. The first-order valence-corrected chi connectivity index (χ1v) is 2.02. The van der Waals surface area contributed by atoms with Crippen LogP contribution in [0.3, 0.4) is 0 Å². The van der Waals surface area contributed by atoms with E-state index in [4.69, 9.17) is 5.73 Å². The Morgan fingerprint density at radius 2 is 2.38 bits per heavy atom. The minimum atomic E-state index is 0. The van der Waals surface area contributed by atoms with E-state index in [1.165, 1.54) is 0 Å². The van der Waals surface area contributed by atoms with E-state index in [1.54, 1.807) is 17.1 Å². The summed E-state index contributed by atoms with van der Waals surface area (Å²) in [7, 11) is 1.85. The van der Waals surface area contributed by atoms with Gasteiger partial charge in [0.1, 0.15) is 5.82 Å². The van der Waals surface area contributed by atoms with E-state index >= 15 is 0 Å². The van der Waals surface area contributed by atoms with E-state index in [1.807, 2.05) is 7.05 Å². The molecule has 1 rings (SSSR count). The molecule has 3 nitrogen and oxygen atoms in total. The van der Waals surface area contributed by atoms with E-state index < -0.39 is 0 Å². The van der Waals surface area contributed by atoms with Crippen LogP contribution in [0.25, 0.3) is 0 Å². The molecule has 0 aliphatic rings. The molecule has 0 atom stereocenters. The minimum absolute atomic E-state index is 0. The predicted octanol–water partition coefficient (Wildman–Crippen LogP) is 0.424. The van der Waals surface area contributed by atoms with Crippen LogP contribution in [0.5, 0.6) is 0 Å². The topological polar surface area (TPSA) is 43.8 Å². The quantitative estimate of drug-likeness (QED) is 0.558. The Morgan fingerprint density at radius 3 is 2.50 bits per heavy atom. The van der Waals surface area contributed by atoms with E-state index in [2.05, 4.69) is 4.98 Å². The highest BCUT2D eigenvalue weighted by Gasteiger charge is 1.84. The number of hydrogen-bond acceptors (Lipinski definition) is 2. The first kappa shape index (κ1) is 7.30. The molecular formula is C4H8ClN3. The molecule has 0 amide bonds. The van der Waals surface area contributed by atoms with Crippen molar-refractivity contribution in [1.82, 2.24) is 9.55 Å². The van der Waals surface area contributed by atoms with Crippen molar-refractivity contribution >= 4 is 18.2 Å². The van der Waals surface area contributed by atoms with Gasteiger partial charge in [0.2, 0.25) is 0 Å². The lowest BCUT2D eigenvalue weighted by Gasteiger charge is -1.87. The van der Waals surface area contributed by atoms with Crippen LogP contribution in [0.4, 0.5) is 5.82 Å². The fourth-order valence-corrected chi connectivity index (χ4v) is 0.367. The van der Waals surface area contributed by atoms with Crippen molar-refractivity contribution in [3.8, 4) is 0 Å². The molecular weight excluding hydrogens is 126 g/mol. The van der Waals surface area contributed by atoms with Crippen LogP contribution >= 0.6 is 12.4 Å². The van der Waals surface area contributed by atoms with Gasteiger partial charge < -0.3 is 10.3 Å². The summed E-state index contributed by atoms with van der Waals surface area (Å²) in [5, 5.41) is 0. The van der Waals surface area contributed by atoms with Crippen molar-refractivity contribution in [3.63, 3.8) is 0 Å². The van der Waals surface area contributed by atoms with Crippen LogP contribution < -0.4 is 5.73 Å². The number of nitrogens with zero attached hydrogens (tertiary/aromatic N) is 2. The van der Waals surface area contributed by atoms with Gasteiger partial charge in [-0.2, -0.15) is 0 Å². The summed E-state index contributed by atoms with van der Waals surface area (Å²) < 4.78 is 1.75. The lowest BCUT2D eigenvalue weighted by Crippen LogP contribution is -1.92. The van der Waals surface area contributed by atoms with Gasteiger partial charge in [-0.3, -0.25) is 0 Å². The highest BCUT2D eigenvalue weighted by atomic mass is 35.5. The third kappa shape index (κ3) is 1.13. The van der Waals surface area contributed by atoms with Crippen molar-refractivity contribution < 1.29 is 0 Å². The third-order valence-corrected chi connectivity index (χ3v) is 0.854. The van der Waals surface area contributed by atoms with Gasteiger partial charge in [-0.05, 0) is 0 Å². The van der Waals surface area contributed by atoms with Crippen LogP contribution in [-0.4, -0.2) is 9.55 Å². The molecule has 0 aliphatic heterocycles. The molecule has 0 saturated carbocycles. The number of nitrogens with two attached hydrogens (primary N) is 1. The van der Waals surface area contributed by atoms with Crippen molar-refractivity contribution in [2.24, 2.45) is 7.05 Å². The maximum absolute atomic E-state index is 5.34. The molecule has 0 radical (unpaired) electrons. The van der Waals surface area contributed by atoms with Crippen molar-refractivity contribution in [3.05, 3.63) is 12.5 Å². The van der Waals surface area contributed by atoms with E-state index in [0.29, 0.717) is 5.82 Å². The molecule has 0 spiro atoms. The first-order valence-electron chi connectivity index (χ1n) is 2.02. The number of aryl methyl sites for hydroxylation is 1. The Morgan fingerprint density at radius 1 is 1.75 bits per heavy atom. The Kier molecular flexibility index (Phi) is 2.34. The van der Waals surface area contributed by atoms with Crippen LogP contribution in [0, 0.1) is 0 Å².